The molecule has 1 aliphatic heterocycles. The molecule has 80 valence electrons. The molecule has 0 aromatic carbocycles. The third kappa shape index (κ3) is 3.28. The van der Waals surface area contributed by atoms with Crippen molar-refractivity contribution >= 4 is 0 Å². The predicted octanol–water partition coefficient (Wildman–Crippen LogP) is 1.36. The Morgan fingerprint density at radius 1 is 1.57 bits per heavy atom. The summed E-state index contributed by atoms with van der Waals surface area (Å²) in [5.74, 6) is 0. The minimum Gasteiger partial charge on any atom is -0.313 e. The summed E-state index contributed by atoms with van der Waals surface area (Å²) in [6, 6.07) is 3.02. The Hall–Kier alpha value is -0.590. The molecule has 0 aromatic heterocycles. The molecule has 0 spiro atoms. The van der Waals surface area contributed by atoms with E-state index in [0.29, 0.717) is 6.04 Å². The minimum absolute atomic E-state index is 0.0822. The average molecular weight is 195 g/mol. The van der Waals surface area contributed by atoms with Crippen molar-refractivity contribution in [2.24, 2.45) is 0 Å². The molecule has 0 bridgehead atoms. The van der Waals surface area contributed by atoms with Crippen LogP contribution in [-0.4, -0.2) is 37.1 Å². The highest BCUT2D eigenvalue weighted by atomic mass is 15.2. The molecule has 1 N–H and O–H groups in total. The molecule has 2 unspecified atom stereocenters. The molecule has 1 rings (SSSR count). The Morgan fingerprint density at radius 3 is 2.86 bits per heavy atom. The lowest BCUT2D eigenvalue weighted by molar-refractivity contribution is 0.229. The number of likely N-dealkylation sites (N-methyl/N-ethyl adjacent to an activating group) is 1. The van der Waals surface area contributed by atoms with Crippen LogP contribution in [0, 0.1) is 11.3 Å². The van der Waals surface area contributed by atoms with Crippen LogP contribution in [0.15, 0.2) is 0 Å². The van der Waals surface area contributed by atoms with Crippen molar-refractivity contribution in [3.63, 3.8) is 0 Å². The van der Waals surface area contributed by atoms with Gasteiger partial charge in [0.15, 0.2) is 0 Å². The van der Waals surface area contributed by atoms with Crippen molar-refractivity contribution in [3.8, 4) is 6.07 Å². The van der Waals surface area contributed by atoms with Crippen molar-refractivity contribution in [1.82, 2.24) is 10.2 Å². The Bertz CT molecular complexity index is 191. The van der Waals surface area contributed by atoms with E-state index in [0.717, 1.165) is 19.5 Å². The smallest absolute Gasteiger partial charge is 0.0973 e. The summed E-state index contributed by atoms with van der Waals surface area (Å²) >= 11 is 0. The first-order valence-corrected chi connectivity index (χ1v) is 5.61. The fraction of sp³-hybridized carbons (Fsp3) is 0.909. The van der Waals surface area contributed by atoms with Crippen molar-refractivity contribution in [2.45, 2.75) is 44.7 Å². The maximum atomic E-state index is 8.91. The highest BCUT2D eigenvalue weighted by Gasteiger charge is 2.18. The van der Waals surface area contributed by atoms with Gasteiger partial charge in [0.25, 0.3) is 0 Å². The molecule has 1 fully saturated rings. The number of hydrogen-bond acceptors (Lipinski definition) is 3. The van der Waals surface area contributed by atoms with Crippen LogP contribution < -0.4 is 5.32 Å². The van der Waals surface area contributed by atoms with Crippen molar-refractivity contribution in [3.05, 3.63) is 0 Å². The average Bonchev–Trinajstić information content (AvgIpc) is 2.21. The van der Waals surface area contributed by atoms with Gasteiger partial charge in [0.1, 0.15) is 0 Å². The quantitative estimate of drug-likeness (QED) is 0.736. The Morgan fingerprint density at radius 2 is 2.36 bits per heavy atom. The van der Waals surface area contributed by atoms with E-state index < -0.39 is 0 Å². The monoisotopic (exact) mass is 195 g/mol. The summed E-state index contributed by atoms with van der Waals surface area (Å²) in [6.07, 6.45) is 4.80. The molecule has 0 aliphatic carbocycles. The van der Waals surface area contributed by atoms with Gasteiger partial charge in [-0.3, -0.25) is 4.90 Å². The van der Waals surface area contributed by atoms with Gasteiger partial charge in [0, 0.05) is 12.6 Å². The summed E-state index contributed by atoms with van der Waals surface area (Å²) in [7, 11) is 2.05. The molecular weight excluding hydrogens is 174 g/mol. The fourth-order valence-electron chi connectivity index (χ4n) is 2.06. The zero-order valence-corrected chi connectivity index (χ0v) is 9.29. The van der Waals surface area contributed by atoms with Gasteiger partial charge in [0.2, 0.25) is 0 Å². The van der Waals surface area contributed by atoms with Gasteiger partial charge in [-0.05, 0) is 32.9 Å². The standard InChI is InChI=1S/C11H21N3/c1-3-11(8-12)14(2)9-10-6-4-5-7-13-10/h10-11,13H,3-7,9H2,1-2H3. The zero-order valence-electron chi connectivity index (χ0n) is 9.29. The Kier molecular flexibility index (Phi) is 4.92. The summed E-state index contributed by atoms with van der Waals surface area (Å²) in [5.41, 5.74) is 0. The Labute approximate surface area is 87.1 Å². The van der Waals surface area contributed by atoms with E-state index in [1.54, 1.807) is 0 Å². The second-order valence-corrected chi connectivity index (χ2v) is 4.14. The summed E-state index contributed by atoms with van der Waals surface area (Å²) < 4.78 is 0. The number of piperidine rings is 1. The third-order valence-electron chi connectivity index (χ3n) is 2.99. The normalized spacial score (nSPS) is 24.6. The maximum absolute atomic E-state index is 8.91. The van der Waals surface area contributed by atoms with Gasteiger partial charge in [-0.1, -0.05) is 13.3 Å². The molecule has 14 heavy (non-hydrogen) atoms. The maximum Gasteiger partial charge on any atom is 0.0973 e. The van der Waals surface area contributed by atoms with E-state index in [1.165, 1.54) is 19.3 Å². The first-order chi connectivity index (χ1) is 6.77. The number of hydrogen-bond donors (Lipinski definition) is 1. The highest BCUT2D eigenvalue weighted by Crippen LogP contribution is 2.09. The van der Waals surface area contributed by atoms with Gasteiger partial charge in [-0.25, -0.2) is 0 Å². The van der Waals surface area contributed by atoms with E-state index in [4.69, 9.17) is 5.26 Å². The first kappa shape index (κ1) is 11.5. The van der Waals surface area contributed by atoms with Gasteiger partial charge in [0.05, 0.1) is 12.1 Å². The number of nitrogens with one attached hydrogen (secondary N) is 1. The lowest BCUT2D eigenvalue weighted by Crippen LogP contribution is -2.45. The molecular formula is C11H21N3. The SMILES string of the molecule is CCC(C#N)N(C)CC1CCCCN1. The van der Waals surface area contributed by atoms with Crippen LogP contribution in [0.3, 0.4) is 0 Å². The zero-order chi connectivity index (χ0) is 10.4. The Balaban J connectivity index is 2.31. The van der Waals surface area contributed by atoms with E-state index in [1.807, 2.05) is 7.05 Å². The molecule has 0 radical (unpaired) electrons. The van der Waals surface area contributed by atoms with Crippen LogP contribution in [0.5, 0.6) is 0 Å². The second kappa shape index (κ2) is 6.00. The first-order valence-electron chi connectivity index (χ1n) is 5.61. The summed E-state index contributed by atoms with van der Waals surface area (Å²) in [6.45, 7) is 4.21. The third-order valence-corrected chi connectivity index (χ3v) is 2.99. The number of rotatable bonds is 4. The van der Waals surface area contributed by atoms with Gasteiger partial charge < -0.3 is 5.32 Å². The fourth-order valence-corrected chi connectivity index (χ4v) is 2.06. The lowest BCUT2D eigenvalue weighted by atomic mass is 10.0. The predicted molar refractivity (Wildman–Crippen MR) is 58.0 cm³/mol. The van der Waals surface area contributed by atoms with Crippen LogP contribution in [0.4, 0.5) is 0 Å². The van der Waals surface area contributed by atoms with Crippen LogP contribution in [-0.2, 0) is 0 Å². The molecule has 2 atom stereocenters. The van der Waals surface area contributed by atoms with E-state index >= 15 is 0 Å². The van der Waals surface area contributed by atoms with E-state index in [-0.39, 0.29) is 6.04 Å². The molecule has 1 heterocycles. The van der Waals surface area contributed by atoms with Crippen LogP contribution in [0.25, 0.3) is 0 Å². The topological polar surface area (TPSA) is 39.1 Å². The summed E-state index contributed by atoms with van der Waals surface area (Å²) in [4.78, 5) is 2.17. The molecule has 1 saturated heterocycles. The van der Waals surface area contributed by atoms with Gasteiger partial charge in [-0.2, -0.15) is 5.26 Å². The summed E-state index contributed by atoms with van der Waals surface area (Å²) in [5, 5.41) is 12.4. The molecule has 0 amide bonds. The lowest BCUT2D eigenvalue weighted by Gasteiger charge is -2.30. The van der Waals surface area contributed by atoms with Crippen LogP contribution in [0.1, 0.15) is 32.6 Å². The highest BCUT2D eigenvalue weighted by molar-refractivity contribution is 4.91. The number of nitriles is 1. The molecule has 3 nitrogen and oxygen atoms in total. The minimum atomic E-state index is 0.0822. The molecule has 3 heteroatoms. The molecule has 0 aromatic rings. The molecule has 1 aliphatic rings. The largest absolute Gasteiger partial charge is 0.313 e. The van der Waals surface area contributed by atoms with Gasteiger partial charge >= 0.3 is 0 Å². The second-order valence-electron chi connectivity index (χ2n) is 4.14. The molecule has 0 saturated carbocycles. The van der Waals surface area contributed by atoms with Gasteiger partial charge in [-0.15, -0.1) is 0 Å². The van der Waals surface area contributed by atoms with Crippen molar-refractivity contribution < 1.29 is 0 Å². The van der Waals surface area contributed by atoms with Crippen LogP contribution >= 0.6 is 0 Å². The van der Waals surface area contributed by atoms with Crippen LogP contribution in [0.2, 0.25) is 0 Å². The van der Waals surface area contributed by atoms with E-state index in [9.17, 15) is 0 Å². The van der Waals surface area contributed by atoms with Crippen molar-refractivity contribution in [1.29, 1.82) is 5.26 Å². The van der Waals surface area contributed by atoms with E-state index in [2.05, 4.69) is 23.2 Å². The number of nitrogens with zero attached hydrogens (tertiary/aromatic N) is 2. The van der Waals surface area contributed by atoms with Crippen molar-refractivity contribution in [2.75, 3.05) is 20.1 Å².